The highest BCUT2D eigenvalue weighted by Crippen LogP contribution is 2.25. The largest absolute Gasteiger partial charge is 0.374 e. The van der Waals surface area contributed by atoms with Crippen molar-refractivity contribution in [2.75, 3.05) is 25.0 Å². The summed E-state index contributed by atoms with van der Waals surface area (Å²) in [6.45, 7) is 10.6. The molecule has 96 valence electrons. The van der Waals surface area contributed by atoms with Crippen molar-refractivity contribution in [3.05, 3.63) is 29.3 Å². The van der Waals surface area contributed by atoms with Crippen molar-refractivity contribution in [2.24, 2.45) is 11.7 Å². The van der Waals surface area contributed by atoms with Gasteiger partial charge in [-0.05, 0) is 42.5 Å². The normalized spacial score (nSPS) is 12.9. The summed E-state index contributed by atoms with van der Waals surface area (Å²) in [4.78, 5) is 2.32. The second-order valence-electron chi connectivity index (χ2n) is 5.42. The first-order valence-corrected chi connectivity index (χ1v) is 6.47. The van der Waals surface area contributed by atoms with Gasteiger partial charge in [0.1, 0.15) is 0 Å². The Kier molecular flexibility index (Phi) is 5.01. The van der Waals surface area contributed by atoms with Gasteiger partial charge in [0.05, 0.1) is 0 Å². The fourth-order valence-corrected chi connectivity index (χ4v) is 2.04. The molecule has 2 nitrogen and oxygen atoms in total. The lowest BCUT2D eigenvalue weighted by molar-refractivity contribution is 0.589. The molecule has 0 heterocycles. The maximum atomic E-state index is 5.69. The summed E-state index contributed by atoms with van der Waals surface area (Å²) in [5.41, 5.74) is 9.75. The Morgan fingerprint density at radius 1 is 1.24 bits per heavy atom. The number of hydrogen-bond donors (Lipinski definition) is 1. The molecule has 1 unspecified atom stereocenters. The summed E-state index contributed by atoms with van der Waals surface area (Å²) in [5, 5.41) is 0. The van der Waals surface area contributed by atoms with Gasteiger partial charge in [0.15, 0.2) is 0 Å². The number of nitrogens with two attached hydrogens (primary N) is 1. The third kappa shape index (κ3) is 3.74. The summed E-state index contributed by atoms with van der Waals surface area (Å²) in [5.74, 6) is 1.11. The smallest absolute Gasteiger partial charge is 0.0396 e. The van der Waals surface area contributed by atoms with Gasteiger partial charge in [-0.2, -0.15) is 0 Å². The molecule has 0 aliphatic rings. The van der Waals surface area contributed by atoms with Gasteiger partial charge in [-0.25, -0.2) is 0 Å². The molecule has 0 aliphatic carbocycles. The highest BCUT2D eigenvalue weighted by atomic mass is 15.1. The van der Waals surface area contributed by atoms with Gasteiger partial charge in [0.2, 0.25) is 0 Å². The maximum Gasteiger partial charge on any atom is 0.0396 e. The van der Waals surface area contributed by atoms with E-state index in [9.17, 15) is 0 Å². The van der Waals surface area contributed by atoms with Crippen LogP contribution in [0.5, 0.6) is 0 Å². The highest BCUT2D eigenvalue weighted by Gasteiger charge is 2.10. The summed E-state index contributed by atoms with van der Waals surface area (Å²) in [6, 6.07) is 6.75. The Morgan fingerprint density at radius 2 is 1.88 bits per heavy atom. The second-order valence-corrected chi connectivity index (χ2v) is 5.42. The number of nitrogens with zero attached hydrogens (tertiary/aromatic N) is 1. The number of benzene rings is 1. The summed E-state index contributed by atoms with van der Waals surface area (Å²) in [7, 11) is 2.15. The van der Waals surface area contributed by atoms with Gasteiger partial charge in [-0.1, -0.05) is 32.9 Å². The minimum atomic E-state index is 0.530. The van der Waals surface area contributed by atoms with Crippen molar-refractivity contribution in [1.29, 1.82) is 0 Å². The predicted molar refractivity (Wildman–Crippen MR) is 76.8 cm³/mol. The number of hydrogen-bond acceptors (Lipinski definition) is 2. The van der Waals surface area contributed by atoms with Crippen molar-refractivity contribution in [1.82, 2.24) is 0 Å². The first-order chi connectivity index (χ1) is 7.95. The van der Waals surface area contributed by atoms with Crippen LogP contribution in [0.3, 0.4) is 0 Å². The van der Waals surface area contributed by atoms with Crippen molar-refractivity contribution in [2.45, 2.75) is 33.6 Å². The van der Waals surface area contributed by atoms with E-state index in [4.69, 9.17) is 5.73 Å². The van der Waals surface area contributed by atoms with E-state index in [0.29, 0.717) is 11.8 Å². The Labute approximate surface area is 106 Å². The quantitative estimate of drug-likeness (QED) is 0.848. The molecule has 1 aromatic rings. The van der Waals surface area contributed by atoms with Crippen LogP contribution in [0.25, 0.3) is 0 Å². The van der Waals surface area contributed by atoms with E-state index >= 15 is 0 Å². The average molecular weight is 234 g/mol. The predicted octanol–water partition coefficient (Wildman–Crippen LogP) is 3.15. The zero-order chi connectivity index (χ0) is 13.0. The first-order valence-electron chi connectivity index (χ1n) is 6.47. The van der Waals surface area contributed by atoms with Crippen LogP contribution in [0, 0.1) is 12.8 Å². The first kappa shape index (κ1) is 14.0. The molecule has 2 N–H and O–H groups in total. The van der Waals surface area contributed by atoms with E-state index in [-0.39, 0.29) is 0 Å². The molecule has 0 saturated heterocycles. The SMILES string of the molecule is Cc1ccc(C(C)C)cc1N(C)CC(C)CN. The van der Waals surface area contributed by atoms with E-state index in [1.165, 1.54) is 16.8 Å². The third-order valence-electron chi connectivity index (χ3n) is 3.30. The van der Waals surface area contributed by atoms with Gasteiger partial charge in [-0.3, -0.25) is 0 Å². The van der Waals surface area contributed by atoms with Crippen LogP contribution in [-0.4, -0.2) is 20.1 Å². The number of rotatable bonds is 5. The van der Waals surface area contributed by atoms with Crippen molar-refractivity contribution in [3.8, 4) is 0 Å². The molecule has 0 aromatic heterocycles. The molecule has 1 rings (SSSR count). The summed E-state index contributed by atoms with van der Waals surface area (Å²) < 4.78 is 0. The summed E-state index contributed by atoms with van der Waals surface area (Å²) in [6.07, 6.45) is 0. The van der Waals surface area contributed by atoms with Crippen LogP contribution in [-0.2, 0) is 0 Å². The molecule has 1 atom stereocenters. The van der Waals surface area contributed by atoms with Gasteiger partial charge in [-0.15, -0.1) is 0 Å². The molecule has 0 fully saturated rings. The molecule has 2 heteroatoms. The number of aryl methyl sites for hydroxylation is 1. The van der Waals surface area contributed by atoms with Crippen LogP contribution < -0.4 is 10.6 Å². The van der Waals surface area contributed by atoms with Crippen LogP contribution in [0.1, 0.15) is 37.8 Å². The molecule has 17 heavy (non-hydrogen) atoms. The molecule has 0 bridgehead atoms. The van der Waals surface area contributed by atoms with E-state index in [1.807, 2.05) is 0 Å². The minimum Gasteiger partial charge on any atom is -0.374 e. The lowest BCUT2D eigenvalue weighted by atomic mass is 10.00. The molecule has 0 amide bonds. The van der Waals surface area contributed by atoms with Crippen LogP contribution >= 0.6 is 0 Å². The van der Waals surface area contributed by atoms with E-state index in [1.54, 1.807) is 0 Å². The zero-order valence-electron chi connectivity index (χ0n) is 11.8. The third-order valence-corrected chi connectivity index (χ3v) is 3.30. The monoisotopic (exact) mass is 234 g/mol. The Morgan fingerprint density at radius 3 is 2.41 bits per heavy atom. The van der Waals surface area contributed by atoms with E-state index in [2.05, 4.69) is 57.8 Å². The lowest BCUT2D eigenvalue weighted by Crippen LogP contribution is -2.28. The molecule has 0 spiro atoms. The van der Waals surface area contributed by atoms with Crippen LogP contribution in [0.4, 0.5) is 5.69 Å². The van der Waals surface area contributed by atoms with Crippen LogP contribution in [0.15, 0.2) is 18.2 Å². The van der Waals surface area contributed by atoms with Crippen LogP contribution in [0.2, 0.25) is 0 Å². The Bertz CT molecular complexity index is 358. The molecule has 0 radical (unpaired) electrons. The standard InChI is InChI=1S/C15H26N2/c1-11(2)14-7-6-13(4)15(8-14)17(5)10-12(3)9-16/h6-8,11-12H,9-10,16H2,1-5H3. The van der Waals surface area contributed by atoms with E-state index in [0.717, 1.165) is 13.1 Å². The second kappa shape index (κ2) is 6.06. The topological polar surface area (TPSA) is 29.3 Å². The van der Waals surface area contributed by atoms with Gasteiger partial charge >= 0.3 is 0 Å². The van der Waals surface area contributed by atoms with Gasteiger partial charge < -0.3 is 10.6 Å². The molecule has 1 aromatic carbocycles. The fourth-order valence-electron chi connectivity index (χ4n) is 2.04. The lowest BCUT2D eigenvalue weighted by Gasteiger charge is -2.25. The van der Waals surface area contributed by atoms with Crippen molar-refractivity contribution < 1.29 is 0 Å². The molecule has 0 aliphatic heterocycles. The molecular weight excluding hydrogens is 208 g/mol. The van der Waals surface area contributed by atoms with Gasteiger partial charge in [0, 0.05) is 19.3 Å². The zero-order valence-corrected chi connectivity index (χ0v) is 11.8. The maximum absolute atomic E-state index is 5.69. The average Bonchev–Trinajstić information content (AvgIpc) is 2.28. The Hall–Kier alpha value is -1.02. The van der Waals surface area contributed by atoms with E-state index < -0.39 is 0 Å². The molecular formula is C15H26N2. The fraction of sp³-hybridized carbons (Fsp3) is 0.600. The highest BCUT2D eigenvalue weighted by molar-refractivity contribution is 5.55. The molecule has 0 saturated carbocycles. The van der Waals surface area contributed by atoms with Crippen molar-refractivity contribution >= 4 is 5.69 Å². The minimum absolute atomic E-state index is 0.530. The van der Waals surface area contributed by atoms with Crippen molar-refractivity contribution in [3.63, 3.8) is 0 Å². The van der Waals surface area contributed by atoms with Gasteiger partial charge in [0.25, 0.3) is 0 Å². The summed E-state index contributed by atoms with van der Waals surface area (Å²) >= 11 is 0. The number of anilines is 1. The Balaban J connectivity index is 2.91.